The highest BCUT2D eigenvalue weighted by molar-refractivity contribution is 5.93. The van der Waals surface area contributed by atoms with Gasteiger partial charge in [0.1, 0.15) is 0 Å². The minimum atomic E-state index is -0.0444. The third kappa shape index (κ3) is 3.03. The van der Waals surface area contributed by atoms with Gasteiger partial charge in [-0.3, -0.25) is 4.79 Å². The summed E-state index contributed by atoms with van der Waals surface area (Å²) in [5, 5.41) is 2.91. The number of carbonyl (C=O) groups is 1. The van der Waals surface area contributed by atoms with Crippen LogP contribution in [0.1, 0.15) is 38.1 Å². The summed E-state index contributed by atoms with van der Waals surface area (Å²) in [5.74, 6) is 0.746. The van der Waals surface area contributed by atoms with Crippen LogP contribution in [0.15, 0.2) is 0 Å². The molecule has 1 saturated heterocycles. The molecule has 0 unspecified atom stereocenters. The molecular formula is C14H22N4O. The number of aryl methyl sites for hydroxylation is 2. The Morgan fingerprint density at radius 3 is 2.16 bits per heavy atom. The third-order valence-corrected chi connectivity index (χ3v) is 3.42. The first-order valence-corrected chi connectivity index (χ1v) is 6.90. The molecule has 0 radical (unpaired) electrons. The highest BCUT2D eigenvalue weighted by Gasteiger charge is 2.18. The largest absolute Gasteiger partial charge is 0.341 e. The number of aromatic nitrogens is 2. The summed E-state index contributed by atoms with van der Waals surface area (Å²) in [5.41, 5.74) is 2.42. The first kappa shape index (κ1) is 13.8. The maximum atomic E-state index is 11.8. The number of anilines is 2. The highest BCUT2D eigenvalue weighted by atomic mass is 16.1. The number of rotatable bonds is 3. The summed E-state index contributed by atoms with van der Waals surface area (Å²) in [6.07, 6.45) is 2.40. The molecule has 1 aliphatic rings. The third-order valence-electron chi connectivity index (χ3n) is 3.42. The fourth-order valence-electron chi connectivity index (χ4n) is 2.21. The first-order valence-electron chi connectivity index (χ1n) is 6.90. The molecule has 1 N–H and O–H groups in total. The molecular weight excluding hydrogens is 240 g/mol. The number of amides is 1. The summed E-state index contributed by atoms with van der Waals surface area (Å²) in [6, 6.07) is 0. The lowest BCUT2D eigenvalue weighted by molar-refractivity contribution is -0.118. The van der Waals surface area contributed by atoms with Gasteiger partial charge in [-0.2, -0.15) is 0 Å². The van der Waals surface area contributed by atoms with Crippen molar-refractivity contribution in [1.82, 2.24) is 9.97 Å². The fourth-order valence-corrected chi connectivity index (χ4v) is 2.21. The van der Waals surface area contributed by atoms with Crippen LogP contribution in [0.4, 0.5) is 11.6 Å². The van der Waals surface area contributed by atoms with Crippen molar-refractivity contribution < 1.29 is 4.79 Å². The molecule has 1 aromatic heterocycles. The van der Waals surface area contributed by atoms with Crippen molar-refractivity contribution in [3.05, 3.63) is 11.4 Å². The van der Waals surface area contributed by atoms with Gasteiger partial charge in [-0.15, -0.1) is 0 Å². The van der Waals surface area contributed by atoms with Gasteiger partial charge in [0.15, 0.2) is 0 Å². The second-order valence-electron chi connectivity index (χ2n) is 5.41. The van der Waals surface area contributed by atoms with Crippen molar-refractivity contribution in [3.63, 3.8) is 0 Å². The number of hydrogen-bond donors (Lipinski definition) is 1. The van der Waals surface area contributed by atoms with Crippen molar-refractivity contribution in [2.75, 3.05) is 23.3 Å². The Labute approximate surface area is 114 Å². The van der Waals surface area contributed by atoms with Crippen LogP contribution in [-0.2, 0) is 4.79 Å². The Morgan fingerprint density at radius 1 is 1.16 bits per heavy atom. The van der Waals surface area contributed by atoms with E-state index in [-0.39, 0.29) is 11.8 Å². The molecule has 0 aliphatic carbocycles. The number of nitrogens with zero attached hydrogens (tertiary/aromatic N) is 3. The Hall–Kier alpha value is -1.65. The van der Waals surface area contributed by atoms with Crippen LogP contribution in [0.5, 0.6) is 0 Å². The summed E-state index contributed by atoms with van der Waals surface area (Å²) in [6.45, 7) is 9.64. The molecule has 2 heterocycles. The molecule has 0 bridgehead atoms. The average molecular weight is 262 g/mol. The number of nitrogens with one attached hydrogen (secondary N) is 1. The lowest BCUT2D eigenvalue weighted by Gasteiger charge is -2.18. The first-order chi connectivity index (χ1) is 8.99. The van der Waals surface area contributed by atoms with Crippen LogP contribution in [0.3, 0.4) is 0 Å². The van der Waals surface area contributed by atoms with E-state index in [0.29, 0.717) is 0 Å². The van der Waals surface area contributed by atoms with Crippen LogP contribution < -0.4 is 10.2 Å². The van der Waals surface area contributed by atoms with Crippen LogP contribution in [0.25, 0.3) is 0 Å². The smallest absolute Gasteiger partial charge is 0.227 e. The summed E-state index contributed by atoms with van der Waals surface area (Å²) in [4.78, 5) is 23.0. The van der Waals surface area contributed by atoms with Gasteiger partial charge in [0.05, 0.1) is 17.1 Å². The van der Waals surface area contributed by atoms with E-state index in [1.165, 1.54) is 12.8 Å². The van der Waals surface area contributed by atoms with E-state index in [1.54, 1.807) is 0 Å². The number of hydrogen-bond acceptors (Lipinski definition) is 4. The molecule has 5 nitrogen and oxygen atoms in total. The zero-order chi connectivity index (χ0) is 14.0. The predicted molar refractivity (Wildman–Crippen MR) is 76.4 cm³/mol. The van der Waals surface area contributed by atoms with E-state index in [9.17, 15) is 4.79 Å². The van der Waals surface area contributed by atoms with Gasteiger partial charge in [-0.25, -0.2) is 9.97 Å². The molecule has 1 aliphatic heterocycles. The summed E-state index contributed by atoms with van der Waals surface area (Å²) in [7, 11) is 0. The minimum absolute atomic E-state index is 0.00345. The molecule has 0 aromatic carbocycles. The van der Waals surface area contributed by atoms with Gasteiger partial charge in [0.25, 0.3) is 0 Å². The van der Waals surface area contributed by atoms with Gasteiger partial charge >= 0.3 is 0 Å². The molecule has 0 saturated carbocycles. The van der Waals surface area contributed by atoms with Crippen molar-refractivity contribution in [3.8, 4) is 0 Å². The van der Waals surface area contributed by atoms with E-state index >= 15 is 0 Å². The number of carbonyl (C=O) groups excluding carboxylic acids is 1. The Kier molecular flexibility index (Phi) is 4.02. The zero-order valence-corrected chi connectivity index (χ0v) is 12.2. The van der Waals surface area contributed by atoms with Gasteiger partial charge in [-0.1, -0.05) is 13.8 Å². The molecule has 1 fully saturated rings. The molecule has 1 amide bonds. The van der Waals surface area contributed by atoms with Gasteiger partial charge in [0, 0.05) is 19.0 Å². The zero-order valence-electron chi connectivity index (χ0n) is 12.2. The molecule has 0 atom stereocenters. The maximum Gasteiger partial charge on any atom is 0.227 e. The van der Waals surface area contributed by atoms with Crippen molar-refractivity contribution >= 4 is 17.5 Å². The van der Waals surface area contributed by atoms with Gasteiger partial charge in [-0.05, 0) is 26.7 Å². The maximum absolute atomic E-state index is 11.8. The highest BCUT2D eigenvalue weighted by Crippen LogP contribution is 2.23. The predicted octanol–water partition coefficient (Wildman–Crippen LogP) is 2.29. The van der Waals surface area contributed by atoms with E-state index < -0.39 is 0 Å². The summed E-state index contributed by atoms with van der Waals surface area (Å²) >= 11 is 0. The lowest BCUT2D eigenvalue weighted by Crippen LogP contribution is -2.23. The van der Waals surface area contributed by atoms with Gasteiger partial charge in [0.2, 0.25) is 11.9 Å². The molecule has 0 spiro atoms. The van der Waals surface area contributed by atoms with E-state index in [2.05, 4.69) is 20.2 Å². The molecule has 104 valence electrons. The minimum Gasteiger partial charge on any atom is -0.341 e. The van der Waals surface area contributed by atoms with Crippen molar-refractivity contribution in [2.45, 2.75) is 40.5 Å². The molecule has 5 heteroatoms. The molecule has 19 heavy (non-hydrogen) atoms. The van der Waals surface area contributed by atoms with Crippen LogP contribution >= 0.6 is 0 Å². The van der Waals surface area contributed by atoms with Crippen molar-refractivity contribution in [1.29, 1.82) is 0 Å². The quantitative estimate of drug-likeness (QED) is 0.908. The van der Waals surface area contributed by atoms with E-state index in [4.69, 9.17) is 0 Å². The fraction of sp³-hybridized carbons (Fsp3) is 0.643. The second kappa shape index (κ2) is 5.55. The van der Waals surface area contributed by atoms with Crippen LogP contribution in [0, 0.1) is 19.8 Å². The topological polar surface area (TPSA) is 58.1 Å². The van der Waals surface area contributed by atoms with Gasteiger partial charge < -0.3 is 10.2 Å². The Morgan fingerprint density at radius 2 is 1.68 bits per heavy atom. The second-order valence-corrected chi connectivity index (χ2v) is 5.41. The monoisotopic (exact) mass is 262 g/mol. The van der Waals surface area contributed by atoms with E-state index in [1.807, 2.05) is 27.7 Å². The van der Waals surface area contributed by atoms with Crippen molar-refractivity contribution in [2.24, 2.45) is 5.92 Å². The summed E-state index contributed by atoms with van der Waals surface area (Å²) < 4.78 is 0. The lowest BCUT2D eigenvalue weighted by atomic mass is 10.2. The Bertz CT molecular complexity index is 455. The average Bonchev–Trinajstić information content (AvgIpc) is 2.86. The Balaban J connectivity index is 2.24. The van der Waals surface area contributed by atoms with Crippen LogP contribution in [-0.4, -0.2) is 29.0 Å². The van der Waals surface area contributed by atoms with Crippen LogP contribution in [0.2, 0.25) is 0 Å². The normalized spacial score (nSPS) is 15.1. The SMILES string of the molecule is Cc1nc(N2CCCC2)nc(C)c1NC(=O)C(C)C. The standard InChI is InChI=1S/C14H22N4O/c1-9(2)13(19)17-12-10(3)15-14(16-11(12)4)18-7-5-6-8-18/h9H,5-8H2,1-4H3,(H,17,19). The van der Waals surface area contributed by atoms with E-state index in [0.717, 1.165) is 36.1 Å². The molecule has 1 aromatic rings. The molecule has 2 rings (SSSR count).